The summed E-state index contributed by atoms with van der Waals surface area (Å²) in [5.41, 5.74) is 9.13. The van der Waals surface area contributed by atoms with Crippen molar-refractivity contribution in [3.63, 3.8) is 0 Å². The van der Waals surface area contributed by atoms with E-state index in [1.165, 1.54) is 0 Å². The number of nitrogens with zero attached hydrogens (tertiary/aromatic N) is 2. The highest BCUT2D eigenvalue weighted by atomic mass is 32.1. The molecule has 0 aliphatic carbocycles. The molecule has 0 bridgehead atoms. The molecular weight excluding hydrogens is 304 g/mol. The number of rotatable bonds is 5. The fraction of sp³-hybridized carbons (Fsp3) is 0.357. The molecule has 1 aliphatic heterocycles. The smallest absolute Gasteiger partial charge is 0.277 e. The molecule has 0 atom stereocenters. The molecule has 0 aromatic heterocycles. The monoisotopic (exact) mass is 322 g/mol. The maximum atomic E-state index is 12.4. The van der Waals surface area contributed by atoms with Gasteiger partial charge in [0.15, 0.2) is 5.71 Å². The molecule has 1 aromatic rings. The Kier molecular flexibility index (Phi) is 5.68. The van der Waals surface area contributed by atoms with E-state index in [9.17, 15) is 4.79 Å². The van der Waals surface area contributed by atoms with Crippen molar-refractivity contribution in [3.05, 3.63) is 24.3 Å². The second-order valence-electron chi connectivity index (χ2n) is 4.57. The Balaban J connectivity index is 2.08. The van der Waals surface area contributed by atoms with Gasteiger partial charge in [-0.05, 0) is 24.3 Å². The largest absolute Gasteiger partial charge is 0.497 e. The predicted molar refractivity (Wildman–Crippen MR) is 88.2 cm³/mol. The SMILES string of the molecule is COc1ccc(N/N=C(\C(=O)N2CCOCC2)C(N)=S)cc1. The summed E-state index contributed by atoms with van der Waals surface area (Å²) >= 11 is 4.93. The van der Waals surface area contributed by atoms with Gasteiger partial charge in [0.05, 0.1) is 26.0 Å². The van der Waals surface area contributed by atoms with Gasteiger partial charge in [-0.3, -0.25) is 10.2 Å². The van der Waals surface area contributed by atoms with E-state index < -0.39 is 0 Å². The highest BCUT2D eigenvalue weighted by Crippen LogP contribution is 2.15. The third kappa shape index (κ3) is 4.15. The highest BCUT2D eigenvalue weighted by Gasteiger charge is 2.23. The Morgan fingerprint density at radius 1 is 1.36 bits per heavy atom. The molecule has 1 heterocycles. The van der Waals surface area contributed by atoms with Gasteiger partial charge in [-0.25, -0.2) is 0 Å². The number of nitrogens with two attached hydrogens (primary N) is 1. The number of anilines is 1. The summed E-state index contributed by atoms with van der Waals surface area (Å²) in [6.45, 7) is 2.01. The predicted octanol–water partition coefficient (Wildman–Crippen LogP) is 0.608. The molecule has 3 N–H and O–H groups in total. The second-order valence-corrected chi connectivity index (χ2v) is 5.01. The molecule has 118 valence electrons. The summed E-state index contributed by atoms with van der Waals surface area (Å²) in [7, 11) is 1.59. The van der Waals surface area contributed by atoms with Crippen molar-refractivity contribution in [1.29, 1.82) is 0 Å². The third-order valence-electron chi connectivity index (χ3n) is 3.12. The lowest BCUT2D eigenvalue weighted by molar-refractivity contribution is -0.127. The Labute approximate surface area is 134 Å². The first-order chi connectivity index (χ1) is 10.6. The van der Waals surface area contributed by atoms with E-state index in [1.807, 2.05) is 0 Å². The van der Waals surface area contributed by atoms with Crippen LogP contribution < -0.4 is 15.9 Å². The number of thiocarbonyl (C=S) groups is 1. The van der Waals surface area contributed by atoms with Gasteiger partial charge in [-0.1, -0.05) is 12.2 Å². The molecule has 1 saturated heterocycles. The molecule has 0 spiro atoms. The molecule has 7 nitrogen and oxygen atoms in total. The quantitative estimate of drug-likeness (QED) is 0.469. The maximum absolute atomic E-state index is 12.4. The van der Waals surface area contributed by atoms with Crippen LogP contribution in [-0.2, 0) is 9.53 Å². The number of hydrogen-bond donors (Lipinski definition) is 2. The lowest BCUT2D eigenvalue weighted by Crippen LogP contribution is -2.47. The first-order valence-corrected chi connectivity index (χ1v) is 7.17. The number of morpholine rings is 1. The number of amides is 1. The zero-order valence-corrected chi connectivity index (χ0v) is 13.1. The molecular formula is C14H18N4O3S. The van der Waals surface area contributed by atoms with Gasteiger partial charge < -0.3 is 20.1 Å². The molecule has 0 radical (unpaired) electrons. The molecule has 1 aromatic carbocycles. The lowest BCUT2D eigenvalue weighted by Gasteiger charge is -2.26. The molecule has 1 aliphatic rings. The summed E-state index contributed by atoms with van der Waals surface area (Å²) in [5, 5.41) is 4.05. The molecule has 1 amide bonds. The number of methoxy groups -OCH3 is 1. The minimum Gasteiger partial charge on any atom is -0.497 e. The number of carbonyl (C=O) groups excluding carboxylic acids is 1. The summed E-state index contributed by atoms with van der Waals surface area (Å²) in [6, 6.07) is 7.11. The van der Waals surface area contributed by atoms with Crippen LogP contribution in [0.3, 0.4) is 0 Å². The average molecular weight is 322 g/mol. The Hall–Kier alpha value is -2.19. The van der Waals surface area contributed by atoms with Crippen molar-refractivity contribution in [2.75, 3.05) is 38.8 Å². The summed E-state index contributed by atoms with van der Waals surface area (Å²) in [4.78, 5) is 14.0. The van der Waals surface area contributed by atoms with Crippen LogP contribution in [0.1, 0.15) is 0 Å². The van der Waals surface area contributed by atoms with Gasteiger partial charge in [-0.15, -0.1) is 0 Å². The fourth-order valence-corrected chi connectivity index (χ4v) is 2.04. The normalized spacial score (nSPS) is 15.3. The number of ether oxygens (including phenoxy) is 2. The van der Waals surface area contributed by atoms with Crippen LogP contribution in [0.5, 0.6) is 5.75 Å². The minimum absolute atomic E-state index is 0.0349. The minimum atomic E-state index is -0.295. The van der Waals surface area contributed by atoms with E-state index >= 15 is 0 Å². The molecule has 22 heavy (non-hydrogen) atoms. The molecule has 1 fully saturated rings. The third-order valence-corrected chi connectivity index (χ3v) is 3.31. The zero-order valence-electron chi connectivity index (χ0n) is 12.2. The van der Waals surface area contributed by atoms with Gasteiger partial charge in [0.1, 0.15) is 10.7 Å². The number of carbonyl (C=O) groups is 1. The first kappa shape index (κ1) is 16.2. The highest BCUT2D eigenvalue weighted by molar-refractivity contribution is 7.82. The number of hydrazone groups is 1. The van der Waals surface area contributed by atoms with Crippen LogP contribution in [0.25, 0.3) is 0 Å². The number of benzene rings is 1. The van der Waals surface area contributed by atoms with Crippen LogP contribution in [-0.4, -0.2) is 54.9 Å². The van der Waals surface area contributed by atoms with Crippen molar-refractivity contribution in [2.24, 2.45) is 10.8 Å². The second kappa shape index (κ2) is 7.71. The first-order valence-electron chi connectivity index (χ1n) is 6.76. The van der Waals surface area contributed by atoms with Crippen LogP contribution in [0.4, 0.5) is 5.69 Å². The van der Waals surface area contributed by atoms with Crippen LogP contribution in [0, 0.1) is 0 Å². The maximum Gasteiger partial charge on any atom is 0.277 e. The van der Waals surface area contributed by atoms with Crippen LogP contribution in [0.2, 0.25) is 0 Å². The van der Waals surface area contributed by atoms with Gasteiger partial charge in [0.2, 0.25) is 0 Å². The van der Waals surface area contributed by atoms with Crippen molar-refractivity contribution >= 4 is 34.5 Å². The van der Waals surface area contributed by atoms with Gasteiger partial charge in [0.25, 0.3) is 5.91 Å². The lowest BCUT2D eigenvalue weighted by atomic mass is 10.3. The van der Waals surface area contributed by atoms with E-state index in [1.54, 1.807) is 36.3 Å². The van der Waals surface area contributed by atoms with Crippen molar-refractivity contribution < 1.29 is 14.3 Å². The number of hydrogen-bond acceptors (Lipinski definition) is 6. The van der Waals surface area contributed by atoms with Gasteiger partial charge >= 0.3 is 0 Å². The Morgan fingerprint density at radius 2 is 2.00 bits per heavy atom. The molecule has 0 saturated carbocycles. The van der Waals surface area contributed by atoms with Crippen molar-refractivity contribution in [1.82, 2.24) is 4.90 Å². The van der Waals surface area contributed by atoms with E-state index in [0.29, 0.717) is 32.0 Å². The summed E-state index contributed by atoms with van der Waals surface area (Å²) < 4.78 is 10.3. The number of nitrogens with one attached hydrogen (secondary N) is 1. The fourth-order valence-electron chi connectivity index (χ4n) is 1.91. The van der Waals surface area contributed by atoms with E-state index in [-0.39, 0.29) is 16.6 Å². The van der Waals surface area contributed by atoms with Crippen molar-refractivity contribution in [3.8, 4) is 5.75 Å². The standard InChI is InChI=1S/C14H18N4O3S/c1-20-11-4-2-10(3-5-11)16-17-12(13(15)22)14(19)18-6-8-21-9-7-18/h2-5,16H,6-9H2,1H3,(H2,15,22)/b17-12-. The van der Waals surface area contributed by atoms with Crippen LogP contribution >= 0.6 is 12.2 Å². The Bertz CT molecular complexity index is 568. The van der Waals surface area contributed by atoms with Crippen LogP contribution in [0.15, 0.2) is 29.4 Å². The topological polar surface area (TPSA) is 89.2 Å². The van der Waals surface area contributed by atoms with Gasteiger partial charge in [-0.2, -0.15) is 5.10 Å². The summed E-state index contributed by atoms with van der Waals surface area (Å²) in [5.74, 6) is 0.435. The van der Waals surface area contributed by atoms with E-state index in [0.717, 1.165) is 5.75 Å². The van der Waals surface area contributed by atoms with Crippen molar-refractivity contribution in [2.45, 2.75) is 0 Å². The zero-order chi connectivity index (χ0) is 15.9. The van der Waals surface area contributed by atoms with Gasteiger partial charge in [0, 0.05) is 13.1 Å². The average Bonchev–Trinajstić information content (AvgIpc) is 2.56. The molecule has 8 heteroatoms. The molecule has 2 rings (SSSR count). The van der Waals surface area contributed by atoms with E-state index in [2.05, 4.69) is 10.5 Å². The molecule has 0 unspecified atom stereocenters. The summed E-state index contributed by atoms with van der Waals surface area (Å²) in [6.07, 6.45) is 0. The Morgan fingerprint density at radius 3 is 2.55 bits per heavy atom. The van der Waals surface area contributed by atoms with E-state index in [4.69, 9.17) is 27.4 Å².